The van der Waals surface area contributed by atoms with Gasteiger partial charge in [0.25, 0.3) is 5.91 Å². The number of fused-ring (bicyclic) bond motifs is 3. The van der Waals surface area contributed by atoms with Gasteiger partial charge in [0.2, 0.25) is 5.88 Å². The molecule has 1 heterocycles. The number of carboxylic acids is 1. The molecule has 2 atom stereocenters. The smallest absolute Gasteiger partial charge is 0.414 e. The minimum Gasteiger partial charge on any atom is -0.480 e. The van der Waals surface area contributed by atoms with Crippen molar-refractivity contribution in [1.82, 2.24) is 10.5 Å². The highest BCUT2D eigenvalue weighted by Gasteiger charge is 2.30. The van der Waals surface area contributed by atoms with Crippen LogP contribution >= 0.6 is 0 Å². The highest BCUT2D eigenvalue weighted by molar-refractivity contribution is 5.96. The predicted octanol–water partition coefficient (Wildman–Crippen LogP) is 4.26. The van der Waals surface area contributed by atoms with E-state index in [-0.39, 0.29) is 30.0 Å². The maximum Gasteiger partial charge on any atom is 0.414 e. The van der Waals surface area contributed by atoms with Gasteiger partial charge >= 0.3 is 12.1 Å². The molecule has 1 aliphatic rings. The average Bonchev–Trinajstić information content (AvgIpc) is 3.43. The average molecular weight is 463 g/mol. The van der Waals surface area contributed by atoms with Crippen molar-refractivity contribution in [1.29, 1.82) is 0 Å². The molecular formula is C25H25N3O6. The second kappa shape index (κ2) is 9.78. The van der Waals surface area contributed by atoms with Gasteiger partial charge in [-0.15, -0.1) is 0 Å². The van der Waals surface area contributed by atoms with Crippen LogP contribution < -0.4 is 10.6 Å². The Kier molecular flexibility index (Phi) is 6.62. The Hall–Kier alpha value is -4.14. The minimum absolute atomic E-state index is 0.0854. The summed E-state index contributed by atoms with van der Waals surface area (Å²) in [7, 11) is 0. The molecule has 1 unspecified atom stereocenters. The Morgan fingerprint density at radius 3 is 2.29 bits per heavy atom. The number of nitrogens with one attached hydrogen (secondary N) is 2. The third kappa shape index (κ3) is 4.63. The summed E-state index contributed by atoms with van der Waals surface area (Å²) < 4.78 is 10.4. The van der Waals surface area contributed by atoms with Crippen molar-refractivity contribution in [2.24, 2.45) is 5.92 Å². The SMILES string of the molecule is CCC(C)[C@H](NC(=O)c1cc(NC(=O)OCC2c3ccccc3-c3ccccc32)on1)C(=O)O. The number of aromatic nitrogens is 1. The molecule has 9 heteroatoms. The monoisotopic (exact) mass is 463 g/mol. The maximum absolute atomic E-state index is 12.4. The van der Waals surface area contributed by atoms with Crippen molar-refractivity contribution < 1.29 is 28.8 Å². The summed E-state index contributed by atoms with van der Waals surface area (Å²) >= 11 is 0. The van der Waals surface area contributed by atoms with E-state index < -0.39 is 24.0 Å². The van der Waals surface area contributed by atoms with E-state index in [9.17, 15) is 19.5 Å². The van der Waals surface area contributed by atoms with Crippen molar-refractivity contribution in [2.75, 3.05) is 11.9 Å². The molecule has 0 radical (unpaired) electrons. The molecule has 0 bridgehead atoms. The highest BCUT2D eigenvalue weighted by atomic mass is 16.6. The van der Waals surface area contributed by atoms with Gasteiger partial charge in [-0.3, -0.25) is 10.1 Å². The molecule has 3 aromatic rings. The number of carbonyl (C=O) groups excluding carboxylic acids is 2. The zero-order chi connectivity index (χ0) is 24.2. The molecule has 0 saturated carbocycles. The van der Waals surface area contributed by atoms with Gasteiger partial charge < -0.3 is 19.7 Å². The van der Waals surface area contributed by atoms with E-state index in [1.807, 2.05) is 55.5 Å². The first-order valence-corrected chi connectivity index (χ1v) is 11.0. The fourth-order valence-corrected chi connectivity index (χ4v) is 4.07. The summed E-state index contributed by atoms with van der Waals surface area (Å²) in [6.45, 7) is 3.68. The fourth-order valence-electron chi connectivity index (χ4n) is 4.07. The third-order valence-corrected chi connectivity index (χ3v) is 6.08. The van der Waals surface area contributed by atoms with Crippen LogP contribution in [0.4, 0.5) is 10.7 Å². The van der Waals surface area contributed by atoms with Crippen LogP contribution in [0.1, 0.15) is 47.8 Å². The van der Waals surface area contributed by atoms with E-state index in [1.165, 1.54) is 6.07 Å². The lowest BCUT2D eigenvalue weighted by molar-refractivity contribution is -0.140. The lowest BCUT2D eigenvalue weighted by Crippen LogP contribution is -2.45. The third-order valence-electron chi connectivity index (χ3n) is 6.08. The summed E-state index contributed by atoms with van der Waals surface area (Å²) in [5.74, 6) is -2.30. The molecular weight excluding hydrogens is 438 g/mol. The van der Waals surface area contributed by atoms with Crippen LogP contribution in [0, 0.1) is 5.92 Å². The van der Waals surface area contributed by atoms with Crippen molar-refractivity contribution in [3.63, 3.8) is 0 Å². The number of rotatable bonds is 8. The second-order valence-corrected chi connectivity index (χ2v) is 8.20. The Morgan fingerprint density at radius 1 is 1.09 bits per heavy atom. The maximum atomic E-state index is 12.4. The minimum atomic E-state index is -1.14. The van der Waals surface area contributed by atoms with Crippen LogP contribution in [0.15, 0.2) is 59.1 Å². The lowest BCUT2D eigenvalue weighted by atomic mass is 9.98. The summed E-state index contributed by atoms with van der Waals surface area (Å²) in [4.78, 5) is 36.2. The van der Waals surface area contributed by atoms with Crippen LogP contribution in [0.25, 0.3) is 11.1 Å². The second-order valence-electron chi connectivity index (χ2n) is 8.20. The number of carboxylic acid groups (broad SMARTS) is 1. The van der Waals surface area contributed by atoms with Crippen LogP contribution in [0.3, 0.4) is 0 Å². The van der Waals surface area contributed by atoms with Crippen molar-refractivity contribution >= 4 is 23.9 Å². The number of ether oxygens (including phenoxy) is 1. The topological polar surface area (TPSA) is 131 Å². The van der Waals surface area contributed by atoms with Gasteiger partial charge in [-0.1, -0.05) is 74.0 Å². The van der Waals surface area contributed by atoms with Gasteiger partial charge in [0, 0.05) is 12.0 Å². The number of hydrogen-bond acceptors (Lipinski definition) is 6. The fraction of sp³-hybridized carbons (Fsp3) is 0.280. The molecule has 9 nitrogen and oxygen atoms in total. The molecule has 176 valence electrons. The quantitative estimate of drug-likeness (QED) is 0.455. The highest BCUT2D eigenvalue weighted by Crippen LogP contribution is 2.44. The number of nitrogens with zero attached hydrogens (tertiary/aromatic N) is 1. The van der Waals surface area contributed by atoms with Crippen LogP contribution in [-0.4, -0.2) is 40.9 Å². The molecule has 0 spiro atoms. The van der Waals surface area contributed by atoms with E-state index >= 15 is 0 Å². The van der Waals surface area contributed by atoms with E-state index in [0.29, 0.717) is 6.42 Å². The molecule has 1 aromatic heterocycles. The van der Waals surface area contributed by atoms with Gasteiger partial charge in [0.1, 0.15) is 12.6 Å². The van der Waals surface area contributed by atoms with Gasteiger partial charge in [0.05, 0.1) is 0 Å². The number of anilines is 1. The normalized spacial score (nSPS) is 13.9. The van der Waals surface area contributed by atoms with Gasteiger partial charge in [-0.05, 0) is 28.2 Å². The molecule has 0 saturated heterocycles. The van der Waals surface area contributed by atoms with E-state index in [0.717, 1.165) is 22.3 Å². The molecule has 2 amide bonds. The summed E-state index contributed by atoms with van der Waals surface area (Å²) in [5, 5.41) is 17.8. The Morgan fingerprint density at radius 2 is 1.71 bits per heavy atom. The molecule has 3 N–H and O–H groups in total. The Bertz CT molecular complexity index is 1180. The number of hydrogen-bond donors (Lipinski definition) is 3. The first kappa shape index (κ1) is 23.0. The predicted molar refractivity (Wildman–Crippen MR) is 124 cm³/mol. The number of amides is 2. The van der Waals surface area contributed by atoms with Crippen LogP contribution in [0.2, 0.25) is 0 Å². The summed E-state index contributed by atoms with van der Waals surface area (Å²) in [6.07, 6.45) is -0.182. The van der Waals surface area contributed by atoms with Crippen LogP contribution in [0.5, 0.6) is 0 Å². The van der Waals surface area contributed by atoms with E-state index in [1.54, 1.807) is 6.92 Å². The number of benzene rings is 2. The van der Waals surface area contributed by atoms with Crippen molar-refractivity contribution in [3.8, 4) is 11.1 Å². The first-order valence-electron chi connectivity index (χ1n) is 11.0. The van der Waals surface area contributed by atoms with Gasteiger partial charge in [0.15, 0.2) is 5.69 Å². The van der Waals surface area contributed by atoms with E-state index in [2.05, 4.69) is 15.8 Å². The first-order chi connectivity index (χ1) is 16.4. The van der Waals surface area contributed by atoms with Gasteiger partial charge in [-0.25, -0.2) is 9.59 Å². The van der Waals surface area contributed by atoms with Crippen molar-refractivity contribution in [2.45, 2.75) is 32.2 Å². The number of carbonyl (C=O) groups is 3. The summed E-state index contributed by atoms with van der Waals surface area (Å²) in [6, 6.07) is 16.1. The molecule has 0 aliphatic heterocycles. The van der Waals surface area contributed by atoms with Crippen molar-refractivity contribution in [3.05, 3.63) is 71.4 Å². The zero-order valence-electron chi connectivity index (χ0n) is 18.8. The Labute approximate surface area is 196 Å². The van der Waals surface area contributed by atoms with E-state index in [4.69, 9.17) is 9.26 Å². The number of aliphatic carboxylic acids is 1. The molecule has 4 rings (SSSR count). The standard InChI is InChI=1S/C25H25N3O6/c1-3-14(2)22(24(30)31)27-23(29)20-12-21(34-28-20)26-25(32)33-13-19-17-10-6-4-8-15(17)16-9-5-7-11-18(16)19/h4-12,14,19,22H,3,13H2,1-2H3,(H,26,32)(H,27,29)(H,30,31)/t14?,22-/m0/s1. The van der Waals surface area contributed by atoms with Gasteiger partial charge in [-0.2, -0.15) is 0 Å². The zero-order valence-corrected chi connectivity index (χ0v) is 18.8. The molecule has 1 aliphatic carbocycles. The molecule has 0 fully saturated rings. The Balaban J connectivity index is 1.37. The molecule has 34 heavy (non-hydrogen) atoms. The lowest BCUT2D eigenvalue weighted by Gasteiger charge is -2.19. The summed E-state index contributed by atoms with van der Waals surface area (Å²) in [5.41, 5.74) is 4.27. The largest absolute Gasteiger partial charge is 0.480 e. The van der Waals surface area contributed by atoms with Crippen LogP contribution in [-0.2, 0) is 9.53 Å². The molecule has 2 aromatic carbocycles.